The first-order valence-electron chi connectivity index (χ1n) is 6.54. The van der Waals surface area contributed by atoms with E-state index in [-0.39, 0.29) is 17.2 Å². The highest BCUT2D eigenvalue weighted by atomic mass is 35.5. The number of hydrogen-bond donors (Lipinski definition) is 0. The number of benzene rings is 1. The molecular formula is C14H13Cl2N3O3. The van der Waals surface area contributed by atoms with Gasteiger partial charge in [0.2, 0.25) is 6.04 Å². The van der Waals surface area contributed by atoms with Crippen molar-refractivity contribution in [3.8, 4) is 0 Å². The number of nitrogens with zero attached hydrogens (tertiary/aromatic N) is 3. The summed E-state index contributed by atoms with van der Waals surface area (Å²) in [7, 11) is 0. The number of ether oxygens (including phenoxy) is 1. The zero-order valence-electron chi connectivity index (χ0n) is 11.7. The van der Waals surface area contributed by atoms with E-state index in [0.29, 0.717) is 11.4 Å². The molecule has 0 aliphatic heterocycles. The summed E-state index contributed by atoms with van der Waals surface area (Å²) < 4.78 is 6.21. The number of hydrogen-bond acceptors (Lipinski definition) is 5. The van der Waals surface area contributed by atoms with Gasteiger partial charge in [0.25, 0.3) is 0 Å². The second-order valence-corrected chi connectivity index (χ2v) is 5.28. The summed E-state index contributed by atoms with van der Waals surface area (Å²) in [6.45, 7) is 2.07. The molecule has 0 radical (unpaired) electrons. The van der Waals surface area contributed by atoms with Crippen molar-refractivity contribution in [1.82, 2.24) is 14.8 Å². The smallest absolute Gasteiger partial charge is 0.339 e. The molecule has 22 heavy (non-hydrogen) atoms. The second-order valence-electron chi connectivity index (χ2n) is 4.43. The highest BCUT2D eigenvalue weighted by Gasteiger charge is 2.32. The first-order valence-corrected chi connectivity index (χ1v) is 7.30. The van der Waals surface area contributed by atoms with E-state index >= 15 is 0 Å². The molecule has 1 heterocycles. The molecule has 0 saturated heterocycles. The summed E-state index contributed by atoms with van der Waals surface area (Å²) in [5, 5.41) is 4.41. The Bertz CT molecular complexity index is 674. The van der Waals surface area contributed by atoms with Gasteiger partial charge in [0.1, 0.15) is 12.7 Å². The summed E-state index contributed by atoms with van der Waals surface area (Å²) in [6.07, 6.45) is 3.15. The van der Waals surface area contributed by atoms with Crippen LogP contribution in [0.4, 0.5) is 0 Å². The van der Waals surface area contributed by atoms with E-state index in [1.54, 1.807) is 0 Å². The van der Waals surface area contributed by atoms with Crippen LogP contribution in [0.2, 0.25) is 10.0 Å². The van der Waals surface area contributed by atoms with Crippen molar-refractivity contribution in [2.75, 3.05) is 6.61 Å². The molecule has 0 N–H and O–H groups in total. The Morgan fingerprint density at radius 3 is 2.73 bits per heavy atom. The van der Waals surface area contributed by atoms with Crippen LogP contribution in [0, 0.1) is 0 Å². The molecule has 1 aromatic heterocycles. The van der Waals surface area contributed by atoms with Gasteiger partial charge in [-0.1, -0.05) is 30.1 Å². The first kappa shape index (κ1) is 16.5. The minimum atomic E-state index is -1.27. The highest BCUT2D eigenvalue weighted by molar-refractivity contribution is 6.37. The molecule has 8 heteroatoms. The third kappa shape index (κ3) is 3.64. The van der Waals surface area contributed by atoms with Gasteiger partial charge in [-0.05, 0) is 24.6 Å². The van der Waals surface area contributed by atoms with Gasteiger partial charge < -0.3 is 4.74 Å². The predicted octanol–water partition coefficient (Wildman–Crippen LogP) is 2.96. The van der Waals surface area contributed by atoms with Crippen molar-refractivity contribution in [3.63, 3.8) is 0 Å². The number of esters is 1. The van der Waals surface area contributed by atoms with Crippen LogP contribution >= 0.6 is 23.2 Å². The largest absolute Gasteiger partial charge is 0.464 e. The van der Waals surface area contributed by atoms with Crippen molar-refractivity contribution in [2.45, 2.75) is 19.4 Å². The Kier molecular flexibility index (Phi) is 5.51. The summed E-state index contributed by atoms with van der Waals surface area (Å²) >= 11 is 11.9. The molecule has 1 atom stereocenters. The van der Waals surface area contributed by atoms with Crippen LogP contribution in [-0.2, 0) is 9.53 Å². The molecular weight excluding hydrogens is 329 g/mol. The fraction of sp³-hybridized carbons (Fsp3) is 0.286. The van der Waals surface area contributed by atoms with Crippen molar-refractivity contribution < 1.29 is 14.3 Å². The number of halogens is 2. The third-order valence-electron chi connectivity index (χ3n) is 2.82. The molecule has 1 unspecified atom stereocenters. The standard InChI is InChI=1S/C14H13Cl2N3O3/c1-2-5-22-14(21)12(19-8-17-7-18-19)13(20)10-4-3-9(15)6-11(10)16/h3-4,6-8,12H,2,5H2,1H3. The summed E-state index contributed by atoms with van der Waals surface area (Å²) in [4.78, 5) is 28.6. The average molecular weight is 342 g/mol. The van der Waals surface area contributed by atoms with Crippen LogP contribution in [0.5, 0.6) is 0 Å². The molecule has 0 fully saturated rings. The zero-order valence-corrected chi connectivity index (χ0v) is 13.2. The maximum Gasteiger partial charge on any atom is 0.339 e. The van der Waals surface area contributed by atoms with Crippen molar-refractivity contribution in [1.29, 1.82) is 0 Å². The van der Waals surface area contributed by atoms with Gasteiger partial charge in [-0.15, -0.1) is 0 Å². The van der Waals surface area contributed by atoms with Gasteiger partial charge in [-0.2, -0.15) is 5.10 Å². The number of carbonyl (C=O) groups is 2. The van der Waals surface area contributed by atoms with Crippen molar-refractivity contribution in [2.24, 2.45) is 0 Å². The van der Waals surface area contributed by atoms with Crippen LogP contribution in [0.25, 0.3) is 0 Å². The lowest BCUT2D eigenvalue weighted by Gasteiger charge is -2.15. The number of rotatable bonds is 6. The number of carbonyl (C=O) groups excluding carboxylic acids is 2. The quantitative estimate of drug-likeness (QED) is 0.458. The van der Waals surface area contributed by atoms with E-state index in [1.165, 1.54) is 30.9 Å². The van der Waals surface area contributed by atoms with Gasteiger partial charge in [0.05, 0.1) is 11.6 Å². The van der Waals surface area contributed by atoms with E-state index in [2.05, 4.69) is 10.1 Å². The predicted molar refractivity (Wildman–Crippen MR) is 81.1 cm³/mol. The topological polar surface area (TPSA) is 74.1 Å². The van der Waals surface area contributed by atoms with Crippen LogP contribution < -0.4 is 0 Å². The zero-order chi connectivity index (χ0) is 16.1. The Labute approximate surface area is 137 Å². The maximum absolute atomic E-state index is 12.7. The first-order chi connectivity index (χ1) is 10.5. The molecule has 0 spiro atoms. The van der Waals surface area contributed by atoms with Crippen LogP contribution in [0.3, 0.4) is 0 Å². The van der Waals surface area contributed by atoms with E-state index in [4.69, 9.17) is 27.9 Å². The molecule has 116 valence electrons. The fourth-order valence-electron chi connectivity index (χ4n) is 1.80. The second kappa shape index (κ2) is 7.38. The number of ketones is 1. The molecule has 0 aliphatic rings. The number of Topliss-reactive ketones (excluding diaryl/α,β-unsaturated/α-hetero) is 1. The SMILES string of the molecule is CCCOC(=O)C(C(=O)c1ccc(Cl)cc1Cl)n1cncn1. The van der Waals surface area contributed by atoms with Gasteiger partial charge in [-0.3, -0.25) is 4.79 Å². The third-order valence-corrected chi connectivity index (χ3v) is 3.37. The minimum Gasteiger partial charge on any atom is -0.464 e. The molecule has 0 bridgehead atoms. The van der Waals surface area contributed by atoms with E-state index in [1.807, 2.05) is 6.92 Å². The molecule has 6 nitrogen and oxygen atoms in total. The Balaban J connectivity index is 2.36. The normalized spacial score (nSPS) is 12.0. The summed E-state index contributed by atoms with van der Waals surface area (Å²) in [5.41, 5.74) is 0.167. The molecule has 0 aliphatic carbocycles. The van der Waals surface area contributed by atoms with Crippen LogP contribution in [-0.4, -0.2) is 33.1 Å². The lowest BCUT2D eigenvalue weighted by atomic mass is 10.0. The maximum atomic E-state index is 12.7. The van der Waals surface area contributed by atoms with E-state index < -0.39 is 17.8 Å². The van der Waals surface area contributed by atoms with Crippen molar-refractivity contribution in [3.05, 3.63) is 46.5 Å². The van der Waals surface area contributed by atoms with Crippen LogP contribution in [0.1, 0.15) is 29.7 Å². The Hall–Kier alpha value is -1.92. The molecule has 2 rings (SSSR count). The highest BCUT2D eigenvalue weighted by Crippen LogP contribution is 2.25. The molecule has 1 aromatic carbocycles. The van der Waals surface area contributed by atoms with E-state index in [9.17, 15) is 9.59 Å². The van der Waals surface area contributed by atoms with Gasteiger partial charge in [0, 0.05) is 10.6 Å². The van der Waals surface area contributed by atoms with Gasteiger partial charge in [0.15, 0.2) is 5.78 Å². The summed E-state index contributed by atoms with van der Waals surface area (Å²) in [6, 6.07) is 3.15. The fourth-order valence-corrected chi connectivity index (χ4v) is 2.31. The summed E-state index contributed by atoms with van der Waals surface area (Å²) in [5.74, 6) is -1.24. The van der Waals surface area contributed by atoms with E-state index in [0.717, 1.165) is 4.68 Å². The minimum absolute atomic E-state index is 0.158. The molecule has 2 aromatic rings. The lowest BCUT2D eigenvalue weighted by molar-refractivity contribution is -0.146. The van der Waals surface area contributed by atoms with Crippen LogP contribution in [0.15, 0.2) is 30.9 Å². The number of aromatic nitrogens is 3. The lowest BCUT2D eigenvalue weighted by Crippen LogP contribution is -2.30. The Morgan fingerprint density at radius 2 is 2.14 bits per heavy atom. The molecule has 0 saturated carbocycles. The molecule has 0 amide bonds. The van der Waals surface area contributed by atoms with Gasteiger partial charge in [-0.25, -0.2) is 14.5 Å². The Morgan fingerprint density at radius 1 is 1.36 bits per heavy atom. The van der Waals surface area contributed by atoms with Crippen molar-refractivity contribution >= 4 is 35.0 Å². The monoisotopic (exact) mass is 341 g/mol. The average Bonchev–Trinajstić information content (AvgIpc) is 2.99. The van der Waals surface area contributed by atoms with Gasteiger partial charge >= 0.3 is 5.97 Å².